The summed E-state index contributed by atoms with van der Waals surface area (Å²) in [6.07, 6.45) is 0.134. The van der Waals surface area contributed by atoms with Crippen molar-refractivity contribution in [2.75, 3.05) is 12.8 Å². The van der Waals surface area contributed by atoms with Gasteiger partial charge in [-0.1, -0.05) is 11.3 Å². The molecule has 1 heterocycles. The average molecular weight is 329 g/mol. The van der Waals surface area contributed by atoms with Crippen LogP contribution in [0.1, 0.15) is 20.7 Å². The molecule has 118 valence electrons. The van der Waals surface area contributed by atoms with Gasteiger partial charge in [0.1, 0.15) is 6.29 Å². The molecule has 1 aromatic rings. The van der Waals surface area contributed by atoms with Crippen LogP contribution < -0.4 is 11.1 Å². The summed E-state index contributed by atoms with van der Waals surface area (Å²) in [7, 11) is 24.4. The Morgan fingerprint density at radius 1 is 1.24 bits per heavy atom. The van der Waals surface area contributed by atoms with E-state index in [0.29, 0.717) is 4.90 Å². The third-order valence-corrected chi connectivity index (χ3v) is 4.19. The molecule has 7 nitrogen and oxygen atoms in total. The zero-order valence-corrected chi connectivity index (χ0v) is 13.4. The summed E-state index contributed by atoms with van der Waals surface area (Å²) in [5.41, 5.74) is 5.66. The van der Waals surface area contributed by atoms with E-state index in [2.05, 4.69) is 5.32 Å². The van der Waals surface area contributed by atoms with Crippen molar-refractivity contribution in [1.29, 1.82) is 0 Å². The Morgan fingerprint density at radius 3 is 2.32 bits per heavy atom. The van der Waals surface area contributed by atoms with Gasteiger partial charge in [0.05, 0.1) is 48.6 Å². The number of fused-ring (bicyclic) bond motifs is 1. The summed E-state index contributed by atoms with van der Waals surface area (Å²) < 4.78 is 0. The maximum atomic E-state index is 12.6. The van der Waals surface area contributed by atoms with Crippen LogP contribution in [-0.4, -0.2) is 73.4 Å². The monoisotopic (exact) mass is 329 g/mol. The normalized spacial score (nSPS) is 15.6. The zero-order chi connectivity index (χ0) is 19.2. The van der Waals surface area contributed by atoms with Crippen LogP contribution in [0, 0.1) is 0 Å². The molecule has 0 saturated carbocycles. The van der Waals surface area contributed by atoms with Crippen LogP contribution >= 0.6 is 0 Å². The van der Waals surface area contributed by atoms with Crippen LogP contribution in [0.25, 0.3) is 0 Å². The number of nitrogen functional groups attached to an aromatic ring is 1. The highest BCUT2D eigenvalue weighted by atomic mass is 16.2. The number of nitrogens with zero attached hydrogens (tertiary/aromatic N) is 1. The minimum atomic E-state index is -2.46. The van der Waals surface area contributed by atoms with Crippen LogP contribution in [-0.2, 0) is 9.59 Å². The minimum absolute atomic E-state index is 0.0211. The molecule has 3 N–H and O–H groups in total. The molecule has 8 radical (unpaired) electrons. The van der Waals surface area contributed by atoms with E-state index in [-0.39, 0.29) is 23.1 Å². The SMILES string of the molecule is [B]C([B])(C(=O)NC)C([B])([B])C(C=O)N1C(=O)c2cccc(N)c2C1=O. The Balaban J connectivity index is 2.55. The van der Waals surface area contributed by atoms with Gasteiger partial charge in [-0.15, -0.1) is 0 Å². The number of amides is 3. The van der Waals surface area contributed by atoms with Crippen molar-refractivity contribution in [2.24, 2.45) is 0 Å². The van der Waals surface area contributed by atoms with Crippen LogP contribution in [0.15, 0.2) is 18.2 Å². The van der Waals surface area contributed by atoms with Crippen LogP contribution in [0.4, 0.5) is 5.69 Å². The Bertz CT molecular complexity index is 781. The fraction of sp³-hybridized carbons (Fsp3) is 0.286. The molecule has 11 heteroatoms. The molecule has 0 spiro atoms. The molecule has 1 atom stereocenters. The van der Waals surface area contributed by atoms with Gasteiger partial charge in [0.15, 0.2) is 0 Å². The van der Waals surface area contributed by atoms with Gasteiger partial charge in [-0.2, -0.15) is 0 Å². The Hall–Kier alpha value is -2.44. The molecule has 25 heavy (non-hydrogen) atoms. The van der Waals surface area contributed by atoms with E-state index >= 15 is 0 Å². The van der Waals surface area contributed by atoms with Crippen molar-refractivity contribution in [3.63, 3.8) is 0 Å². The van der Waals surface area contributed by atoms with Crippen molar-refractivity contribution < 1.29 is 19.2 Å². The molecule has 1 unspecified atom stereocenters. The molecular weight excluding hydrogens is 317 g/mol. The number of nitrogens with two attached hydrogens (primary N) is 1. The lowest BCUT2D eigenvalue weighted by Gasteiger charge is -2.47. The first-order chi connectivity index (χ1) is 11.5. The van der Waals surface area contributed by atoms with Crippen LogP contribution in [0.5, 0.6) is 0 Å². The van der Waals surface area contributed by atoms with E-state index in [1.54, 1.807) is 0 Å². The van der Waals surface area contributed by atoms with E-state index in [0.717, 1.165) is 0 Å². The highest BCUT2D eigenvalue weighted by Gasteiger charge is 2.52. The van der Waals surface area contributed by atoms with Gasteiger partial charge in [0.25, 0.3) is 11.8 Å². The molecule has 0 aromatic heterocycles. The van der Waals surface area contributed by atoms with Crippen LogP contribution in [0.2, 0.25) is 10.4 Å². The Labute approximate surface area is 149 Å². The number of carbonyl (C=O) groups excluding carboxylic acids is 4. The van der Waals surface area contributed by atoms with Gasteiger partial charge in [-0.3, -0.25) is 19.3 Å². The summed E-state index contributed by atoms with van der Waals surface area (Å²) in [6.45, 7) is 0. The Kier molecular flexibility index (Phi) is 4.63. The lowest BCUT2D eigenvalue weighted by molar-refractivity contribution is -0.122. The van der Waals surface area contributed by atoms with Gasteiger partial charge in [0, 0.05) is 12.7 Å². The number of aldehydes is 1. The fourth-order valence-corrected chi connectivity index (χ4v) is 2.62. The number of rotatable bonds is 5. The third kappa shape index (κ3) is 2.58. The maximum Gasteiger partial charge on any atom is 0.264 e. The zero-order valence-electron chi connectivity index (χ0n) is 13.4. The topological polar surface area (TPSA) is 110 Å². The number of hydrogen-bond donors (Lipinski definition) is 2. The minimum Gasteiger partial charge on any atom is -0.398 e. The average Bonchev–Trinajstić information content (AvgIpc) is 2.80. The summed E-state index contributed by atoms with van der Waals surface area (Å²) in [6, 6.07) is 2.44. The lowest BCUT2D eigenvalue weighted by atomic mass is 9.27. The smallest absolute Gasteiger partial charge is 0.264 e. The molecule has 1 aliphatic heterocycles. The van der Waals surface area contributed by atoms with Crippen LogP contribution in [0.3, 0.4) is 0 Å². The first-order valence-electron chi connectivity index (χ1n) is 7.11. The highest BCUT2D eigenvalue weighted by molar-refractivity contribution is 6.62. The van der Waals surface area contributed by atoms with Crippen molar-refractivity contribution in [3.05, 3.63) is 29.3 Å². The summed E-state index contributed by atoms with van der Waals surface area (Å²) in [4.78, 5) is 49.2. The molecule has 0 fully saturated rings. The predicted molar refractivity (Wildman–Crippen MR) is 93.7 cm³/mol. The largest absolute Gasteiger partial charge is 0.398 e. The first kappa shape index (κ1) is 18.9. The van der Waals surface area contributed by atoms with Crippen molar-refractivity contribution in [1.82, 2.24) is 10.2 Å². The molecule has 0 bridgehead atoms. The molecule has 0 saturated heterocycles. The third-order valence-electron chi connectivity index (χ3n) is 4.19. The fourth-order valence-electron chi connectivity index (χ4n) is 2.62. The van der Waals surface area contributed by atoms with Crippen molar-refractivity contribution in [3.8, 4) is 0 Å². The van der Waals surface area contributed by atoms with Gasteiger partial charge in [-0.05, 0) is 17.3 Å². The summed E-state index contributed by atoms with van der Waals surface area (Å²) in [5, 5.41) is -2.77. The van der Waals surface area contributed by atoms with E-state index < -0.39 is 34.2 Å². The molecular formula is C14H11B4N3O4. The number of hydrogen-bond acceptors (Lipinski definition) is 5. The van der Waals surface area contributed by atoms with E-state index in [4.69, 9.17) is 37.1 Å². The Morgan fingerprint density at radius 2 is 1.84 bits per heavy atom. The van der Waals surface area contributed by atoms with E-state index in [1.165, 1.54) is 25.2 Å². The standard InChI is InChI=1S/C14H11B4N3O4/c1-20-12(25)14(17,18)13(15,16)8(5-22)21-10(23)6-3-2-4-7(19)9(6)11(21)24/h2-5,8H,19H2,1H3,(H,20,25). The molecule has 0 aliphatic carbocycles. The highest BCUT2D eigenvalue weighted by Crippen LogP contribution is 2.47. The summed E-state index contributed by atoms with van der Waals surface area (Å²) >= 11 is 0. The van der Waals surface area contributed by atoms with Crippen molar-refractivity contribution in [2.45, 2.75) is 16.5 Å². The first-order valence-corrected chi connectivity index (χ1v) is 7.11. The maximum absolute atomic E-state index is 12.6. The number of benzene rings is 1. The number of imide groups is 1. The van der Waals surface area contributed by atoms with Gasteiger partial charge < -0.3 is 15.8 Å². The molecule has 2 rings (SSSR count). The predicted octanol–water partition coefficient (Wildman–Crippen LogP) is -1.92. The lowest BCUT2D eigenvalue weighted by Crippen LogP contribution is -2.57. The quantitative estimate of drug-likeness (QED) is 0.283. The van der Waals surface area contributed by atoms with Gasteiger partial charge in [0.2, 0.25) is 5.91 Å². The van der Waals surface area contributed by atoms with Crippen molar-refractivity contribution >= 4 is 61.1 Å². The van der Waals surface area contributed by atoms with E-state index in [9.17, 15) is 19.2 Å². The second kappa shape index (κ2) is 6.13. The number of anilines is 1. The number of carbonyl (C=O) groups is 4. The summed E-state index contributed by atoms with van der Waals surface area (Å²) in [5.74, 6) is -2.72. The molecule has 1 aromatic carbocycles. The van der Waals surface area contributed by atoms with Gasteiger partial charge in [-0.25, -0.2) is 0 Å². The molecule has 1 aliphatic rings. The van der Waals surface area contributed by atoms with E-state index in [1.807, 2.05) is 0 Å². The molecule has 3 amide bonds. The van der Waals surface area contributed by atoms with Gasteiger partial charge >= 0.3 is 0 Å². The second-order valence-corrected chi connectivity index (χ2v) is 5.71. The second-order valence-electron chi connectivity index (χ2n) is 5.71. The number of nitrogens with one attached hydrogen (secondary N) is 1.